The summed E-state index contributed by atoms with van der Waals surface area (Å²) in [6, 6.07) is 8.41. The molecule has 0 saturated heterocycles. The number of aromatic nitrogens is 1. The first-order valence-corrected chi connectivity index (χ1v) is 10.5. The zero-order valence-electron chi connectivity index (χ0n) is 15.7. The summed E-state index contributed by atoms with van der Waals surface area (Å²) in [6.07, 6.45) is -1.67. The number of methoxy groups -OCH3 is 1. The first-order valence-electron chi connectivity index (χ1n) is 8.64. The Morgan fingerprint density at radius 3 is 2.03 bits per heavy atom. The van der Waals surface area contributed by atoms with Gasteiger partial charge in [-0.1, -0.05) is 18.2 Å². The third-order valence-electron chi connectivity index (χ3n) is 4.83. The van der Waals surface area contributed by atoms with Crippen molar-refractivity contribution in [1.29, 1.82) is 0 Å². The molecule has 1 atom stereocenters. The average molecular weight is 425 g/mol. The van der Waals surface area contributed by atoms with E-state index in [1.54, 1.807) is 12.1 Å². The van der Waals surface area contributed by atoms with Crippen LogP contribution in [0.3, 0.4) is 0 Å². The second kappa shape index (κ2) is 7.62. The summed E-state index contributed by atoms with van der Waals surface area (Å²) >= 11 is 0. The van der Waals surface area contributed by atoms with E-state index < -0.39 is 33.6 Å². The minimum absolute atomic E-state index is 0.155. The van der Waals surface area contributed by atoms with Crippen LogP contribution in [0.1, 0.15) is 29.7 Å². The van der Waals surface area contributed by atoms with Crippen molar-refractivity contribution in [1.82, 2.24) is 4.98 Å². The molecule has 2 aromatic rings. The molecule has 0 radical (unpaired) electrons. The SMILES string of the molecule is COC(=O)C1CC(c2ccc(S(C)(=O)=O)cc2)=C(c2ccc(C(F)(F)F)nc2)C1. The van der Waals surface area contributed by atoms with E-state index >= 15 is 0 Å². The van der Waals surface area contributed by atoms with Crippen molar-refractivity contribution in [3.63, 3.8) is 0 Å². The van der Waals surface area contributed by atoms with Crippen molar-refractivity contribution in [2.24, 2.45) is 5.92 Å². The van der Waals surface area contributed by atoms with Gasteiger partial charge >= 0.3 is 12.1 Å². The number of esters is 1. The fourth-order valence-electron chi connectivity index (χ4n) is 3.37. The van der Waals surface area contributed by atoms with Crippen molar-refractivity contribution in [2.45, 2.75) is 23.9 Å². The summed E-state index contributed by atoms with van der Waals surface area (Å²) in [5, 5.41) is 0. The third-order valence-corrected chi connectivity index (χ3v) is 5.96. The smallest absolute Gasteiger partial charge is 0.433 e. The number of alkyl halides is 3. The van der Waals surface area contributed by atoms with E-state index in [1.807, 2.05) is 0 Å². The fraction of sp³-hybridized carbons (Fsp3) is 0.300. The topological polar surface area (TPSA) is 73.3 Å². The lowest BCUT2D eigenvalue weighted by Gasteiger charge is -2.10. The summed E-state index contributed by atoms with van der Waals surface area (Å²) in [4.78, 5) is 15.7. The van der Waals surface area contributed by atoms with E-state index in [2.05, 4.69) is 4.98 Å². The maximum atomic E-state index is 12.8. The Morgan fingerprint density at radius 2 is 1.59 bits per heavy atom. The molecule has 9 heteroatoms. The minimum Gasteiger partial charge on any atom is -0.469 e. The predicted octanol–water partition coefficient (Wildman–Crippen LogP) is 4.00. The number of allylic oxidation sites excluding steroid dienone is 2. The van der Waals surface area contributed by atoms with Gasteiger partial charge in [0.05, 0.1) is 17.9 Å². The largest absolute Gasteiger partial charge is 0.469 e. The van der Waals surface area contributed by atoms with E-state index in [0.29, 0.717) is 29.5 Å². The van der Waals surface area contributed by atoms with Crippen LogP contribution in [0.4, 0.5) is 13.2 Å². The second-order valence-corrected chi connectivity index (χ2v) is 8.83. The van der Waals surface area contributed by atoms with E-state index in [4.69, 9.17) is 4.74 Å². The van der Waals surface area contributed by atoms with Gasteiger partial charge in [-0.2, -0.15) is 13.2 Å². The molecule has 1 aliphatic rings. The zero-order valence-corrected chi connectivity index (χ0v) is 16.5. The third kappa shape index (κ3) is 4.50. The van der Waals surface area contributed by atoms with Crippen LogP contribution in [0.15, 0.2) is 47.5 Å². The molecule has 1 aromatic heterocycles. The number of hydrogen-bond acceptors (Lipinski definition) is 5. The van der Waals surface area contributed by atoms with Crippen LogP contribution in [-0.4, -0.2) is 32.7 Å². The molecule has 0 saturated carbocycles. The van der Waals surface area contributed by atoms with Crippen LogP contribution in [0, 0.1) is 5.92 Å². The van der Waals surface area contributed by atoms with Crippen LogP contribution in [0.2, 0.25) is 0 Å². The number of carbonyl (C=O) groups excluding carboxylic acids is 1. The van der Waals surface area contributed by atoms with Crippen LogP contribution >= 0.6 is 0 Å². The number of rotatable bonds is 4. The predicted molar refractivity (Wildman–Crippen MR) is 100 cm³/mol. The Balaban J connectivity index is 2.04. The number of halogens is 3. The van der Waals surface area contributed by atoms with Gasteiger partial charge in [-0.15, -0.1) is 0 Å². The Bertz CT molecular complexity index is 1060. The summed E-state index contributed by atoms with van der Waals surface area (Å²) < 4.78 is 66.6. The minimum atomic E-state index is -4.54. The number of nitrogens with zero attached hydrogens (tertiary/aromatic N) is 1. The van der Waals surface area contributed by atoms with Gasteiger partial charge in [-0.05, 0) is 53.3 Å². The molecule has 0 fully saturated rings. The van der Waals surface area contributed by atoms with Crippen molar-refractivity contribution in [3.8, 4) is 0 Å². The molecule has 1 aromatic carbocycles. The van der Waals surface area contributed by atoms with Gasteiger partial charge in [0, 0.05) is 12.5 Å². The lowest BCUT2D eigenvalue weighted by Crippen LogP contribution is -2.13. The van der Waals surface area contributed by atoms with E-state index in [-0.39, 0.29) is 4.90 Å². The highest BCUT2D eigenvalue weighted by Gasteiger charge is 2.34. The van der Waals surface area contributed by atoms with Crippen molar-refractivity contribution < 1.29 is 31.1 Å². The highest BCUT2D eigenvalue weighted by molar-refractivity contribution is 7.90. The average Bonchev–Trinajstić information content (AvgIpc) is 3.11. The van der Waals surface area contributed by atoms with Crippen LogP contribution in [-0.2, 0) is 25.5 Å². The molecule has 0 amide bonds. The number of sulfone groups is 1. The van der Waals surface area contributed by atoms with Crippen molar-refractivity contribution >= 4 is 27.0 Å². The molecule has 0 aliphatic heterocycles. The molecule has 5 nitrogen and oxygen atoms in total. The molecule has 1 unspecified atom stereocenters. The number of ether oxygens (including phenoxy) is 1. The fourth-order valence-corrected chi connectivity index (χ4v) is 4.00. The van der Waals surface area contributed by atoms with Gasteiger partial charge in [0.1, 0.15) is 5.69 Å². The molecular weight excluding hydrogens is 407 g/mol. The molecule has 1 heterocycles. The molecule has 0 spiro atoms. The Labute approximate surface area is 166 Å². The molecule has 29 heavy (non-hydrogen) atoms. The van der Waals surface area contributed by atoms with Gasteiger partial charge in [-0.25, -0.2) is 8.42 Å². The van der Waals surface area contributed by atoms with Gasteiger partial charge in [0.2, 0.25) is 0 Å². The lowest BCUT2D eigenvalue weighted by atomic mass is 9.98. The van der Waals surface area contributed by atoms with Crippen LogP contribution in [0.25, 0.3) is 11.1 Å². The summed E-state index contributed by atoms with van der Waals surface area (Å²) in [5.41, 5.74) is 1.62. The highest BCUT2D eigenvalue weighted by Crippen LogP contribution is 2.44. The summed E-state index contributed by atoms with van der Waals surface area (Å²) in [6.45, 7) is 0. The Hall–Kier alpha value is -2.68. The van der Waals surface area contributed by atoms with Crippen LogP contribution < -0.4 is 0 Å². The van der Waals surface area contributed by atoms with Gasteiger partial charge in [-0.3, -0.25) is 9.78 Å². The van der Waals surface area contributed by atoms with Gasteiger partial charge < -0.3 is 4.74 Å². The maximum absolute atomic E-state index is 12.8. The quantitative estimate of drug-likeness (QED) is 0.693. The zero-order chi connectivity index (χ0) is 21.4. The first-order chi connectivity index (χ1) is 13.5. The maximum Gasteiger partial charge on any atom is 0.433 e. The summed E-state index contributed by atoms with van der Waals surface area (Å²) in [7, 11) is -2.08. The monoisotopic (exact) mass is 425 g/mol. The second-order valence-electron chi connectivity index (χ2n) is 6.81. The van der Waals surface area contributed by atoms with Crippen LogP contribution in [0.5, 0.6) is 0 Å². The standard InChI is InChI=1S/C20H18F3NO4S/c1-28-19(25)14-9-16(12-3-6-15(7-4-12)29(2,26)27)17(10-14)13-5-8-18(24-11-13)20(21,22)23/h3-8,11,14H,9-10H2,1-2H3. The molecule has 1 aliphatic carbocycles. The Morgan fingerprint density at radius 1 is 1.03 bits per heavy atom. The molecular formula is C20H18F3NO4S. The van der Waals surface area contributed by atoms with Crippen molar-refractivity contribution in [2.75, 3.05) is 13.4 Å². The van der Waals surface area contributed by atoms with Gasteiger partial charge in [0.15, 0.2) is 9.84 Å². The number of benzene rings is 1. The summed E-state index contributed by atoms with van der Waals surface area (Å²) in [5.74, 6) is -0.882. The highest BCUT2D eigenvalue weighted by atomic mass is 32.2. The molecule has 154 valence electrons. The van der Waals surface area contributed by atoms with Crippen molar-refractivity contribution in [3.05, 3.63) is 59.4 Å². The van der Waals surface area contributed by atoms with E-state index in [0.717, 1.165) is 24.1 Å². The first kappa shape index (κ1) is 21.0. The molecule has 3 rings (SSSR count). The van der Waals surface area contributed by atoms with E-state index in [9.17, 15) is 26.4 Å². The molecule has 0 bridgehead atoms. The van der Waals surface area contributed by atoms with Gasteiger partial charge in [0.25, 0.3) is 0 Å². The molecule has 0 N–H and O–H groups in total. The number of hydrogen-bond donors (Lipinski definition) is 0. The normalized spacial score (nSPS) is 17.5. The van der Waals surface area contributed by atoms with E-state index in [1.165, 1.54) is 25.3 Å². The Kier molecular flexibility index (Phi) is 5.53. The number of carbonyl (C=O) groups is 1. The number of pyridine rings is 1. The lowest BCUT2D eigenvalue weighted by molar-refractivity contribution is -0.145.